The van der Waals surface area contributed by atoms with Gasteiger partial charge in [0.05, 0.1) is 16.9 Å². The van der Waals surface area contributed by atoms with Crippen molar-refractivity contribution in [2.75, 3.05) is 5.32 Å². The van der Waals surface area contributed by atoms with E-state index in [1.54, 1.807) is 13.0 Å². The van der Waals surface area contributed by atoms with E-state index in [1.807, 2.05) is 13.8 Å². The number of benzene rings is 2. The Bertz CT molecular complexity index is 687. The Morgan fingerprint density at radius 1 is 1.05 bits per heavy atom. The summed E-state index contributed by atoms with van der Waals surface area (Å²) < 4.78 is 40.6. The largest absolute Gasteiger partial charge is 0.478 e. The maximum Gasteiger partial charge on any atom is 0.337 e. The highest BCUT2D eigenvalue weighted by Crippen LogP contribution is 2.28. The van der Waals surface area contributed by atoms with Gasteiger partial charge in [0, 0.05) is 0 Å². The van der Waals surface area contributed by atoms with E-state index in [1.165, 1.54) is 12.1 Å². The molecular formula is C16H16F3NO2. The van der Waals surface area contributed by atoms with Gasteiger partial charge in [-0.2, -0.15) is 0 Å². The van der Waals surface area contributed by atoms with Crippen LogP contribution in [-0.4, -0.2) is 11.1 Å². The molecule has 0 radical (unpaired) electrons. The molecule has 2 rings (SSSR count). The Kier molecular flexibility index (Phi) is 5.98. The molecule has 0 unspecified atom stereocenters. The molecule has 0 aliphatic heterocycles. The Hall–Kier alpha value is -2.50. The van der Waals surface area contributed by atoms with E-state index >= 15 is 0 Å². The van der Waals surface area contributed by atoms with Gasteiger partial charge in [-0.05, 0) is 36.8 Å². The zero-order valence-electron chi connectivity index (χ0n) is 12.4. The summed E-state index contributed by atoms with van der Waals surface area (Å²) in [5.74, 6) is -4.72. The lowest BCUT2D eigenvalue weighted by Crippen LogP contribution is -2.07. The fourth-order valence-electron chi connectivity index (χ4n) is 1.71. The summed E-state index contributed by atoms with van der Waals surface area (Å²) in [6.45, 7) is 5.66. The molecule has 3 nitrogen and oxygen atoms in total. The third-order valence-corrected chi connectivity index (χ3v) is 2.71. The van der Waals surface area contributed by atoms with E-state index in [-0.39, 0.29) is 5.69 Å². The highest BCUT2D eigenvalue weighted by atomic mass is 19.2. The van der Waals surface area contributed by atoms with Gasteiger partial charge in [0.25, 0.3) is 0 Å². The molecule has 0 aliphatic carbocycles. The first-order valence-electron chi connectivity index (χ1n) is 6.64. The third kappa shape index (κ3) is 3.78. The standard InChI is InChI=1S/C14H10F3NO2.C2H6/c1-7-2-5-11(10(16)6-7)18-13-8(14(19)20)3-4-9(15)12(13)17;1-2/h2-6,18H,1H3,(H,19,20);1-2H3. The van der Waals surface area contributed by atoms with Crippen LogP contribution >= 0.6 is 0 Å². The van der Waals surface area contributed by atoms with Gasteiger partial charge < -0.3 is 10.4 Å². The lowest BCUT2D eigenvalue weighted by atomic mass is 10.1. The lowest BCUT2D eigenvalue weighted by molar-refractivity contribution is 0.0697. The maximum atomic E-state index is 13.7. The number of halogens is 3. The molecule has 0 atom stereocenters. The average molecular weight is 311 g/mol. The Labute approximate surface area is 126 Å². The Morgan fingerprint density at radius 2 is 1.68 bits per heavy atom. The highest BCUT2D eigenvalue weighted by Gasteiger charge is 2.19. The summed E-state index contributed by atoms with van der Waals surface area (Å²) in [6.07, 6.45) is 0. The van der Waals surface area contributed by atoms with E-state index in [9.17, 15) is 18.0 Å². The van der Waals surface area contributed by atoms with Crippen LogP contribution in [0.5, 0.6) is 0 Å². The minimum absolute atomic E-state index is 0.136. The Morgan fingerprint density at radius 3 is 2.23 bits per heavy atom. The number of carboxylic acid groups (broad SMARTS) is 1. The number of aryl methyl sites for hydroxylation is 1. The van der Waals surface area contributed by atoms with Gasteiger partial charge in [0.2, 0.25) is 0 Å². The zero-order valence-corrected chi connectivity index (χ0v) is 12.4. The molecule has 0 heterocycles. The van der Waals surface area contributed by atoms with Crippen LogP contribution in [0.2, 0.25) is 0 Å². The summed E-state index contributed by atoms with van der Waals surface area (Å²) in [6, 6.07) is 5.69. The van der Waals surface area contributed by atoms with E-state index in [2.05, 4.69) is 5.32 Å². The van der Waals surface area contributed by atoms with Crippen molar-refractivity contribution in [1.29, 1.82) is 0 Å². The number of rotatable bonds is 3. The van der Waals surface area contributed by atoms with E-state index < -0.39 is 34.7 Å². The van der Waals surface area contributed by atoms with Gasteiger partial charge in [-0.25, -0.2) is 18.0 Å². The van der Waals surface area contributed by atoms with Crippen LogP contribution in [0.25, 0.3) is 0 Å². The molecule has 0 spiro atoms. The van der Waals surface area contributed by atoms with Crippen molar-refractivity contribution < 1.29 is 23.1 Å². The summed E-state index contributed by atoms with van der Waals surface area (Å²) >= 11 is 0. The van der Waals surface area contributed by atoms with Crippen molar-refractivity contribution in [2.24, 2.45) is 0 Å². The molecule has 0 fully saturated rings. The van der Waals surface area contributed by atoms with Gasteiger partial charge in [0.1, 0.15) is 5.82 Å². The molecule has 0 saturated carbocycles. The fraction of sp³-hybridized carbons (Fsp3) is 0.188. The highest BCUT2D eigenvalue weighted by molar-refractivity contribution is 5.95. The van der Waals surface area contributed by atoms with Crippen LogP contribution in [0.15, 0.2) is 30.3 Å². The van der Waals surface area contributed by atoms with Crippen LogP contribution < -0.4 is 5.32 Å². The Balaban J connectivity index is 0.00000116. The predicted molar refractivity (Wildman–Crippen MR) is 79.1 cm³/mol. The van der Waals surface area contributed by atoms with Gasteiger partial charge in [-0.15, -0.1) is 0 Å². The number of nitrogens with one attached hydrogen (secondary N) is 1. The summed E-state index contributed by atoms with van der Waals surface area (Å²) in [5.41, 5.74) is -0.585. The van der Waals surface area contributed by atoms with E-state index in [0.29, 0.717) is 11.6 Å². The topological polar surface area (TPSA) is 49.3 Å². The molecule has 6 heteroatoms. The molecule has 118 valence electrons. The minimum Gasteiger partial charge on any atom is -0.478 e. The fourth-order valence-corrected chi connectivity index (χ4v) is 1.71. The van der Waals surface area contributed by atoms with Crippen molar-refractivity contribution in [3.8, 4) is 0 Å². The third-order valence-electron chi connectivity index (χ3n) is 2.71. The predicted octanol–water partition coefficient (Wildman–Crippen LogP) is 4.88. The minimum atomic E-state index is -1.45. The van der Waals surface area contributed by atoms with E-state index in [0.717, 1.165) is 6.07 Å². The average Bonchev–Trinajstić information content (AvgIpc) is 2.48. The second-order valence-electron chi connectivity index (χ2n) is 4.20. The molecule has 22 heavy (non-hydrogen) atoms. The lowest BCUT2D eigenvalue weighted by Gasteiger charge is -2.12. The van der Waals surface area contributed by atoms with Crippen molar-refractivity contribution in [1.82, 2.24) is 0 Å². The first kappa shape index (κ1) is 17.6. The SMILES string of the molecule is CC.Cc1ccc(Nc2c(C(=O)O)ccc(F)c2F)c(F)c1. The number of aromatic carboxylic acids is 1. The molecule has 2 aromatic carbocycles. The number of anilines is 2. The van der Waals surface area contributed by atoms with Crippen LogP contribution in [0.1, 0.15) is 29.8 Å². The smallest absolute Gasteiger partial charge is 0.337 e. The van der Waals surface area contributed by atoms with Crippen molar-refractivity contribution in [3.63, 3.8) is 0 Å². The summed E-state index contributed by atoms with van der Waals surface area (Å²) in [4.78, 5) is 11.0. The van der Waals surface area contributed by atoms with E-state index in [4.69, 9.17) is 5.11 Å². The van der Waals surface area contributed by atoms with Crippen LogP contribution in [0, 0.1) is 24.4 Å². The van der Waals surface area contributed by atoms with Gasteiger partial charge in [0.15, 0.2) is 11.6 Å². The van der Waals surface area contributed by atoms with Crippen molar-refractivity contribution in [2.45, 2.75) is 20.8 Å². The second-order valence-corrected chi connectivity index (χ2v) is 4.20. The number of hydrogen-bond acceptors (Lipinski definition) is 2. The molecule has 0 aliphatic rings. The quantitative estimate of drug-likeness (QED) is 0.849. The molecule has 2 aromatic rings. The number of carboxylic acids is 1. The van der Waals surface area contributed by atoms with Gasteiger partial charge in [-0.1, -0.05) is 19.9 Å². The summed E-state index contributed by atoms with van der Waals surface area (Å²) in [5, 5.41) is 11.2. The number of carbonyl (C=O) groups is 1. The zero-order chi connectivity index (χ0) is 16.9. The molecule has 0 amide bonds. The molecule has 0 saturated heterocycles. The van der Waals surface area contributed by atoms with Crippen LogP contribution in [0.3, 0.4) is 0 Å². The molecule has 0 bridgehead atoms. The monoisotopic (exact) mass is 311 g/mol. The first-order chi connectivity index (χ1) is 10.4. The van der Waals surface area contributed by atoms with Crippen molar-refractivity contribution >= 4 is 17.3 Å². The molecular weight excluding hydrogens is 295 g/mol. The molecule has 2 N–H and O–H groups in total. The van der Waals surface area contributed by atoms with Gasteiger partial charge >= 0.3 is 5.97 Å². The van der Waals surface area contributed by atoms with Crippen molar-refractivity contribution in [3.05, 3.63) is 58.9 Å². The number of hydrogen-bond donors (Lipinski definition) is 2. The maximum absolute atomic E-state index is 13.7. The van der Waals surface area contributed by atoms with Crippen LogP contribution in [0.4, 0.5) is 24.5 Å². The summed E-state index contributed by atoms with van der Waals surface area (Å²) in [7, 11) is 0. The molecule has 0 aromatic heterocycles. The van der Waals surface area contributed by atoms with Crippen LogP contribution in [-0.2, 0) is 0 Å². The second kappa shape index (κ2) is 7.49. The van der Waals surface area contributed by atoms with Gasteiger partial charge in [-0.3, -0.25) is 0 Å². The normalized spacial score (nSPS) is 9.73. The first-order valence-corrected chi connectivity index (χ1v) is 6.64.